The van der Waals surface area contributed by atoms with E-state index in [4.69, 9.17) is 23.2 Å². The number of aliphatic carboxylic acids is 1. The average Bonchev–Trinajstić information content (AvgIpc) is 2.98. The van der Waals surface area contributed by atoms with E-state index >= 15 is 0 Å². The first-order valence-corrected chi connectivity index (χ1v) is 14.5. The van der Waals surface area contributed by atoms with Crippen LogP contribution < -0.4 is 10.6 Å². The number of benzene rings is 3. The third-order valence-corrected chi connectivity index (χ3v) is 7.54. The molecule has 1 atom stereocenters. The number of carboxylic acid groups (broad SMARTS) is 1. The fourth-order valence-corrected chi connectivity index (χ4v) is 5.37. The summed E-state index contributed by atoms with van der Waals surface area (Å²) in [5.74, 6) is -2.86. The number of ketones is 1. The molecule has 1 aliphatic rings. The van der Waals surface area contributed by atoms with Gasteiger partial charge < -0.3 is 15.7 Å². The van der Waals surface area contributed by atoms with Crippen LogP contribution in [0.2, 0.25) is 10.0 Å². The van der Waals surface area contributed by atoms with E-state index in [1.165, 1.54) is 0 Å². The number of carbonyl (C=O) groups is 4. The van der Waals surface area contributed by atoms with Crippen LogP contribution in [0.1, 0.15) is 58.4 Å². The van der Waals surface area contributed by atoms with Crippen LogP contribution in [0.4, 0.5) is 0 Å². The Labute approximate surface area is 267 Å². The van der Waals surface area contributed by atoms with Crippen LogP contribution >= 0.6 is 36.7 Å². The molecule has 0 aliphatic carbocycles. The molecule has 11 heteroatoms. The van der Waals surface area contributed by atoms with Gasteiger partial charge in [-0.3, -0.25) is 19.4 Å². The van der Waals surface area contributed by atoms with Crippen LogP contribution in [0.15, 0.2) is 71.7 Å². The lowest BCUT2D eigenvalue weighted by molar-refractivity contribution is -0.139. The van der Waals surface area contributed by atoms with E-state index in [2.05, 4.69) is 15.6 Å². The van der Waals surface area contributed by atoms with E-state index in [0.29, 0.717) is 17.5 Å². The Morgan fingerprint density at radius 1 is 0.884 bits per heavy atom. The maximum atomic E-state index is 12.9. The van der Waals surface area contributed by atoms with Crippen LogP contribution in [0.3, 0.4) is 0 Å². The number of carboxylic acids is 1. The number of rotatable bonds is 12. The zero-order valence-electron chi connectivity index (χ0n) is 23.4. The number of hydrogen-bond acceptors (Lipinski definition) is 5. The normalized spacial score (nSPS) is 13.2. The highest BCUT2D eigenvalue weighted by atomic mass is 35.5. The lowest BCUT2D eigenvalue weighted by Gasteiger charge is -2.16. The molecule has 0 saturated carbocycles. The Balaban J connectivity index is 0.00000506. The molecule has 0 unspecified atom stereocenters. The van der Waals surface area contributed by atoms with Crippen molar-refractivity contribution in [1.82, 2.24) is 10.6 Å². The smallest absolute Gasteiger partial charge is 0.326 e. The van der Waals surface area contributed by atoms with E-state index < -0.39 is 23.8 Å². The fraction of sp³-hybridized carbons (Fsp3) is 0.281. The van der Waals surface area contributed by atoms with Gasteiger partial charge in [-0.25, -0.2) is 4.79 Å². The number of carbonyl (C=O) groups excluding carboxylic acids is 3. The first-order valence-electron chi connectivity index (χ1n) is 13.7. The summed E-state index contributed by atoms with van der Waals surface area (Å²) >= 11 is 12.7. The highest BCUT2D eigenvalue weighted by molar-refractivity contribution is 7.59. The number of halogens is 2. The molecular weight excluding hydrogens is 609 g/mol. The largest absolute Gasteiger partial charge is 0.480 e. The Morgan fingerprint density at radius 3 is 2.26 bits per heavy atom. The van der Waals surface area contributed by atoms with Gasteiger partial charge in [-0.1, -0.05) is 65.7 Å². The molecule has 226 valence electrons. The SMILES string of the molecule is O=C(CC[C@@H](NC(=O)c1c(Cl)cc(-c2ccccc2)cc1Cl)C(=O)O)CNC(=O)c1cccc(CC2=NCCCC2)c1.S. The molecule has 0 radical (unpaired) electrons. The Bertz CT molecular complexity index is 1490. The Kier molecular flexibility index (Phi) is 12.8. The van der Waals surface area contributed by atoms with Crippen molar-refractivity contribution < 1.29 is 24.3 Å². The van der Waals surface area contributed by atoms with Gasteiger partial charge in [0.2, 0.25) is 0 Å². The van der Waals surface area contributed by atoms with E-state index in [1.807, 2.05) is 36.4 Å². The molecule has 43 heavy (non-hydrogen) atoms. The van der Waals surface area contributed by atoms with E-state index in [0.717, 1.165) is 42.6 Å². The molecule has 1 aliphatic heterocycles. The molecule has 3 aromatic rings. The van der Waals surface area contributed by atoms with Gasteiger partial charge in [-0.2, -0.15) is 13.5 Å². The van der Waals surface area contributed by atoms with Crippen molar-refractivity contribution in [2.45, 2.75) is 44.6 Å². The molecule has 3 N–H and O–H groups in total. The van der Waals surface area contributed by atoms with Crippen molar-refractivity contribution in [1.29, 1.82) is 0 Å². The van der Waals surface area contributed by atoms with Gasteiger partial charge in [-0.05, 0) is 66.6 Å². The molecule has 0 spiro atoms. The average molecular weight is 643 g/mol. The van der Waals surface area contributed by atoms with E-state index in [-0.39, 0.29) is 54.3 Å². The van der Waals surface area contributed by atoms with Crippen LogP contribution in [0.5, 0.6) is 0 Å². The summed E-state index contributed by atoms with van der Waals surface area (Å²) in [4.78, 5) is 54.5. The number of nitrogens with one attached hydrogen (secondary N) is 2. The first-order chi connectivity index (χ1) is 20.2. The van der Waals surface area contributed by atoms with Crippen molar-refractivity contribution >= 4 is 66.0 Å². The fourth-order valence-electron chi connectivity index (χ4n) is 4.71. The summed E-state index contributed by atoms with van der Waals surface area (Å²) in [5, 5.41) is 14.8. The maximum Gasteiger partial charge on any atom is 0.326 e. The molecule has 3 aromatic carbocycles. The van der Waals surface area contributed by atoms with Gasteiger partial charge in [0, 0.05) is 30.7 Å². The molecule has 8 nitrogen and oxygen atoms in total. The Hall–Kier alpha value is -3.66. The summed E-state index contributed by atoms with van der Waals surface area (Å²) in [6.07, 6.45) is 3.53. The third kappa shape index (κ3) is 9.68. The summed E-state index contributed by atoms with van der Waals surface area (Å²) in [5.41, 5.74) is 4.03. The van der Waals surface area contributed by atoms with Crippen LogP contribution in [0.25, 0.3) is 11.1 Å². The van der Waals surface area contributed by atoms with Gasteiger partial charge in [0.1, 0.15) is 6.04 Å². The van der Waals surface area contributed by atoms with Gasteiger partial charge >= 0.3 is 5.97 Å². The number of Topliss-reactive ketones (excluding diaryl/α,β-unsaturated/α-hetero) is 1. The van der Waals surface area contributed by atoms with Crippen LogP contribution in [0, 0.1) is 0 Å². The minimum atomic E-state index is -1.36. The minimum absolute atomic E-state index is 0. The van der Waals surface area contributed by atoms with Crippen molar-refractivity contribution in [3.63, 3.8) is 0 Å². The van der Waals surface area contributed by atoms with Crippen LogP contribution in [-0.4, -0.2) is 53.5 Å². The minimum Gasteiger partial charge on any atom is -0.480 e. The van der Waals surface area contributed by atoms with E-state index in [1.54, 1.807) is 30.3 Å². The van der Waals surface area contributed by atoms with Gasteiger partial charge in [-0.15, -0.1) is 0 Å². The summed E-state index contributed by atoms with van der Waals surface area (Å²) < 4.78 is 0. The highest BCUT2D eigenvalue weighted by Gasteiger charge is 2.25. The van der Waals surface area contributed by atoms with Gasteiger partial charge in [0.25, 0.3) is 11.8 Å². The second-order valence-electron chi connectivity index (χ2n) is 10.1. The second-order valence-corrected chi connectivity index (χ2v) is 10.9. The van der Waals surface area contributed by atoms with Crippen molar-refractivity contribution in [2.75, 3.05) is 13.1 Å². The summed E-state index contributed by atoms with van der Waals surface area (Å²) in [6.45, 7) is 0.571. The number of nitrogens with zero attached hydrogens (tertiary/aromatic N) is 1. The molecular formula is C32H33Cl2N3O5S. The van der Waals surface area contributed by atoms with Crippen LogP contribution in [-0.2, 0) is 16.0 Å². The molecule has 0 bridgehead atoms. The molecule has 2 amide bonds. The predicted molar refractivity (Wildman–Crippen MR) is 174 cm³/mol. The summed E-state index contributed by atoms with van der Waals surface area (Å²) in [7, 11) is 0. The highest BCUT2D eigenvalue weighted by Crippen LogP contribution is 2.32. The molecule has 4 rings (SSSR count). The number of hydrogen-bond donors (Lipinski definition) is 3. The lowest BCUT2D eigenvalue weighted by atomic mass is 10.00. The monoisotopic (exact) mass is 641 g/mol. The number of amides is 2. The van der Waals surface area contributed by atoms with E-state index in [9.17, 15) is 24.3 Å². The molecule has 1 heterocycles. The number of aliphatic imine (C=N–C) groups is 1. The zero-order chi connectivity index (χ0) is 30.1. The molecule has 0 aromatic heterocycles. The first kappa shape index (κ1) is 33.8. The summed E-state index contributed by atoms with van der Waals surface area (Å²) in [6, 6.07) is 18.3. The topological polar surface area (TPSA) is 125 Å². The van der Waals surface area contributed by atoms with Gasteiger partial charge in [0.05, 0.1) is 22.2 Å². The molecule has 0 fully saturated rings. The zero-order valence-corrected chi connectivity index (χ0v) is 25.9. The third-order valence-electron chi connectivity index (χ3n) is 6.94. The van der Waals surface area contributed by atoms with Crippen molar-refractivity contribution in [3.05, 3.63) is 93.5 Å². The predicted octanol–water partition coefficient (Wildman–Crippen LogP) is 5.90. The standard InChI is InChI=1S/C32H31Cl2N3O5.H2S/c33-26-17-23(21-8-2-1-3-9-21)18-27(34)29(26)31(40)37-28(32(41)42)13-12-25(38)19-36-30(39)22-10-6-7-20(15-22)16-24-11-4-5-14-35-24;/h1-3,6-10,15,17-18,28H,4-5,11-14,16,19H2,(H,36,39)(H,37,40)(H,41,42);1H2/t28-;/m1./s1. The van der Waals surface area contributed by atoms with Crippen molar-refractivity contribution in [3.8, 4) is 11.1 Å². The molecule has 0 saturated heterocycles. The Morgan fingerprint density at radius 2 is 1.60 bits per heavy atom. The maximum absolute atomic E-state index is 12.9. The quantitative estimate of drug-likeness (QED) is 0.227. The second kappa shape index (κ2) is 16.3. The van der Waals surface area contributed by atoms with Gasteiger partial charge in [0.15, 0.2) is 5.78 Å². The van der Waals surface area contributed by atoms with Crippen molar-refractivity contribution in [2.24, 2.45) is 4.99 Å². The lowest BCUT2D eigenvalue weighted by Crippen LogP contribution is -2.41.